The van der Waals surface area contributed by atoms with Gasteiger partial charge in [0.1, 0.15) is 0 Å². The van der Waals surface area contributed by atoms with E-state index in [0.29, 0.717) is 0 Å². The molecule has 0 saturated carbocycles. The molecule has 12 heavy (non-hydrogen) atoms. The van der Waals surface area contributed by atoms with Gasteiger partial charge in [0.2, 0.25) is 0 Å². The quantitative estimate of drug-likeness (QED) is 0.699. The summed E-state index contributed by atoms with van der Waals surface area (Å²) in [5, 5.41) is 0. The van der Waals surface area contributed by atoms with E-state index in [1.807, 2.05) is 4.84 Å². The highest BCUT2D eigenvalue weighted by atomic mass is 35.5. The Kier molecular flexibility index (Phi) is 2.42. The van der Waals surface area contributed by atoms with Gasteiger partial charge in [-0.25, -0.2) is 4.98 Å². The van der Waals surface area contributed by atoms with Crippen LogP contribution in [0.1, 0.15) is 5.69 Å². The summed E-state index contributed by atoms with van der Waals surface area (Å²) in [6.07, 6.45) is -3.42. The number of hydrogen-bond donors (Lipinski definition) is 1. The summed E-state index contributed by atoms with van der Waals surface area (Å²) in [4.78, 5) is 5.04. The summed E-state index contributed by atoms with van der Waals surface area (Å²) < 4.78 is 36.2. The molecule has 0 spiro atoms. The van der Waals surface area contributed by atoms with Crippen molar-refractivity contribution in [3.63, 3.8) is 0 Å². The molecule has 0 aliphatic heterocycles. The third-order valence-corrected chi connectivity index (χ3v) is 1.38. The molecular formula is C6H4ClF3N2. The number of pyridine rings is 1. The first-order valence-electron chi connectivity index (χ1n) is 2.94. The summed E-state index contributed by atoms with van der Waals surface area (Å²) in [6.45, 7) is 0. The van der Waals surface area contributed by atoms with Crippen molar-refractivity contribution in [1.29, 1.82) is 0 Å². The van der Waals surface area contributed by atoms with E-state index < -0.39 is 11.9 Å². The minimum absolute atomic E-state index is 0.244. The number of alkyl halides is 3. The third kappa shape index (κ3) is 1.79. The first-order chi connectivity index (χ1) is 5.55. The Hall–Kier alpha value is -0.970. The zero-order chi connectivity index (χ0) is 9.19. The lowest BCUT2D eigenvalue weighted by Crippen LogP contribution is -2.09. The van der Waals surface area contributed by atoms with E-state index in [1.165, 1.54) is 12.1 Å². The molecule has 0 bridgehead atoms. The number of halogens is 4. The molecule has 6 heteroatoms. The topological polar surface area (TPSA) is 24.9 Å². The van der Waals surface area contributed by atoms with E-state index in [-0.39, 0.29) is 5.69 Å². The SMILES string of the molecule is FC(F)(F)c1ncccc1NCl. The van der Waals surface area contributed by atoms with Gasteiger partial charge in [0.05, 0.1) is 5.69 Å². The highest BCUT2D eigenvalue weighted by Crippen LogP contribution is 2.32. The number of hydrogen-bond acceptors (Lipinski definition) is 2. The molecular weight excluding hydrogens is 193 g/mol. The second kappa shape index (κ2) is 3.18. The van der Waals surface area contributed by atoms with E-state index in [0.717, 1.165) is 6.20 Å². The Labute approximate surface area is 71.5 Å². The second-order valence-electron chi connectivity index (χ2n) is 1.99. The van der Waals surface area contributed by atoms with Crippen LogP contribution in [0.3, 0.4) is 0 Å². The molecule has 1 aromatic rings. The maximum Gasteiger partial charge on any atom is 0.435 e. The van der Waals surface area contributed by atoms with Crippen LogP contribution in [0.2, 0.25) is 0 Å². The highest BCUT2D eigenvalue weighted by molar-refractivity contribution is 6.24. The molecule has 1 N–H and O–H groups in total. The fourth-order valence-corrected chi connectivity index (χ4v) is 0.860. The van der Waals surface area contributed by atoms with Crippen LogP contribution in [-0.4, -0.2) is 4.98 Å². The predicted molar refractivity (Wildman–Crippen MR) is 38.7 cm³/mol. The lowest BCUT2D eigenvalue weighted by Gasteiger charge is -2.08. The van der Waals surface area contributed by atoms with Crippen molar-refractivity contribution in [3.8, 4) is 0 Å². The van der Waals surface area contributed by atoms with Gasteiger partial charge in [-0.1, -0.05) is 0 Å². The summed E-state index contributed by atoms with van der Waals surface area (Å²) in [6, 6.07) is 2.56. The third-order valence-electron chi connectivity index (χ3n) is 1.18. The average molecular weight is 197 g/mol. The number of rotatable bonds is 1. The molecule has 2 nitrogen and oxygen atoms in total. The molecule has 0 atom stereocenters. The fraction of sp³-hybridized carbons (Fsp3) is 0.167. The minimum Gasteiger partial charge on any atom is -0.296 e. The second-order valence-corrected chi connectivity index (χ2v) is 2.18. The van der Waals surface area contributed by atoms with Crippen molar-refractivity contribution in [2.75, 3.05) is 4.84 Å². The van der Waals surface area contributed by atoms with Crippen molar-refractivity contribution < 1.29 is 13.2 Å². The van der Waals surface area contributed by atoms with Crippen molar-refractivity contribution in [3.05, 3.63) is 24.0 Å². The first kappa shape index (κ1) is 9.12. The maximum absolute atomic E-state index is 12.1. The molecule has 1 aromatic heterocycles. The molecule has 0 saturated heterocycles. The van der Waals surface area contributed by atoms with Crippen LogP contribution in [-0.2, 0) is 6.18 Å². The lowest BCUT2D eigenvalue weighted by molar-refractivity contribution is -0.140. The van der Waals surface area contributed by atoms with Crippen LogP contribution < -0.4 is 4.84 Å². The zero-order valence-electron chi connectivity index (χ0n) is 5.69. The van der Waals surface area contributed by atoms with Crippen LogP contribution in [0, 0.1) is 0 Å². The van der Waals surface area contributed by atoms with Crippen molar-refractivity contribution in [2.24, 2.45) is 0 Å². The van der Waals surface area contributed by atoms with Gasteiger partial charge in [-0.2, -0.15) is 13.2 Å². The molecule has 0 aliphatic rings. The Bertz CT molecular complexity index is 274. The molecule has 1 rings (SSSR count). The number of nitrogens with one attached hydrogen (secondary N) is 1. The van der Waals surface area contributed by atoms with Crippen LogP contribution in [0.5, 0.6) is 0 Å². The fourth-order valence-electron chi connectivity index (χ4n) is 0.707. The minimum atomic E-state index is -4.47. The van der Waals surface area contributed by atoms with Gasteiger partial charge in [-0.3, -0.25) is 4.84 Å². The van der Waals surface area contributed by atoms with Gasteiger partial charge < -0.3 is 0 Å². The molecule has 0 aliphatic carbocycles. The van der Waals surface area contributed by atoms with Crippen LogP contribution in [0.15, 0.2) is 18.3 Å². The Morgan fingerprint density at radius 2 is 2.08 bits per heavy atom. The van der Waals surface area contributed by atoms with Gasteiger partial charge >= 0.3 is 6.18 Å². The molecule has 1 heterocycles. The Morgan fingerprint density at radius 3 is 2.50 bits per heavy atom. The van der Waals surface area contributed by atoms with E-state index >= 15 is 0 Å². The van der Waals surface area contributed by atoms with Crippen molar-refractivity contribution in [1.82, 2.24) is 4.98 Å². The van der Waals surface area contributed by atoms with Gasteiger partial charge in [0, 0.05) is 18.0 Å². The van der Waals surface area contributed by atoms with E-state index in [9.17, 15) is 13.2 Å². The van der Waals surface area contributed by atoms with Gasteiger partial charge in [0.25, 0.3) is 0 Å². The number of aromatic nitrogens is 1. The molecule has 0 amide bonds. The Balaban J connectivity index is 3.14. The molecule has 0 radical (unpaired) electrons. The summed E-state index contributed by atoms with van der Waals surface area (Å²) in [7, 11) is 0. The normalized spacial score (nSPS) is 11.3. The van der Waals surface area contributed by atoms with E-state index in [4.69, 9.17) is 11.8 Å². The average Bonchev–Trinajstić information content (AvgIpc) is 2.03. The summed E-state index contributed by atoms with van der Waals surface area (Å²) >= 11 is 5.05. The van der Waals surface area contributed by atoms with Gasteiger partial charge in [0.15, 0.2) is 5.69 Å². The van der Waals surface area contributed by atoms with Crippen molar-refractivity contribution >= 4 is 17.5 Å². The molecule has 0 aromatic carbocycles. The predicted octanol–water partition coefficient (Wildman–Crippen LogP) is 2.67. The standard InChI is InChI=1S/C6H4ClF3N2/c7-12-4-2-1-3-11-5(4)6(8,9)10/h1-3,12H. The zero-order valence-corrected chi connectivity index (χ0v) is 6.45. The van der Waals surface area contributed by atoms with Crippen LogP contribution in [0.4, 0.5) is 18.9 Å². The summed E-state index contributed by atoms with van der Waals surface area (Å²) in [5.41, 5.74) is -1.26. The number of anilines is 1. The lowest BCUT2D eigenvalue weighted by atomic mass is 10.3. The van der Waals surface area contributed by atoms with Crippen LogP contribution >= 0.6 is 11.8 Å². The number of nitrogens with zero attached hydrogens (tertiary/aromatic N) is 1. The first-order valence-corrected chi connectivity index (χ1v) is 3.32. The van der Waals surface area contributed by atoms with Gasteiger partial charge in [-0.15, -0.1) is 0 Å². The molecule has 0 unspecified atom stereocenters. The molecule has 66 valence electrons. The van der Waals surface area contributed by atoms with Crippen molar-refractivity contribution in [2.45, 2.75) is 6.18 Å². The monoisotopic (exact) mass is 196 g/mol. The van der Waals surface area contributed by atoms with E-state index in [2.05, 4.69) is 4.98 Å². The van der Waals surface area contributed by atoms with Gasteiger partial charge in [-0.05, 0) is 12.1 Å². The Morgan fingerprint density at radius 1 is 1.42 bits per heavy atom. The van der Waals surface area contributed by atoms with E-state index in [1.54, 1.807) is 0 Å². The maximum atomic E-state index is 12.1. The van der Waals surface area contributed by atoms with Crippen LogP contribution in [0.25, 0.3) is 0 Å². The smallest absolute Gasteiger partial charge is 0.296 e. The summed E-state index contributed by atoms with van der Waals surface area (Å²) in [5.74, 6) is 0. The molecule has 0 fully saturated rings. The highest BCUT2D eigenvalue weighted by Gasteiger charge is 2.35. The largest absolute Gasteiger partial charge is 0.435 e.